The van der Waals surface area contributed by atoms with E-state index in [4.69, 9.17) is 24.1 Å². The molecule has 240 valence electrons. The second kappa shape index (κ2) is 22.8. The van der Waals surface area contributed by atoms with Crippen molar-refractivity contribution < 1.29 is 52.8 Å². The summed E-state index contributed by atoms with van der Waals surface area (Å²) in [6, 6.07) is 0. The molecule has 13 nitrogen and oxygen atoms in total. The third-order valence-electron chi connectivity index (χ3n) is 4.99. The number of carbonyl (C=O) groups excluding carboxylic acids is 5. The highest BCUT2D eigenvalue weighted by Crippen LogP contribution is 2.26. The summed E-state index contributed by atoms with van der Waals surface area (Å²) in [5, 5.41) is 13.6. The van der Waals surface area contributed by atoms with Gasteiger partial charge in [-0.25, -0.2) is 24.0 Å². The van der Waals surface area contributed by atoms with Crippen molar-refractivity contribution in [2.75, 3.05) is 52.7 Å². The maximum Gasteiger partial charge on any atom is 0.407 e. The van der Waals surface area contributed by atoms with E-state index in [0.29, 0.717) is 18.7 Å². The smallest absolute Gasteiger partial charge is 0.407 e. The molecule has 0 saturated heterocycles. The number of esters is 3. The van der Waals surface area contributed by atoms with E-state index in [1.54, 1.807) is 6.92 Å². The molecule has 0 aliphatic carbocycles. The lowest BCUT2D eigenvalue weighted by molar-refractivity contribution is -0.140. The van der Waals surface area contributed by atoms with Gasteiger partial charge in [0.2, 0.25) is 0 Å². The summed E-state index contributed by atoms with van der Waals surface area (Å²) in [7, 11) is 0. The first kappa shape index (κ1) is 40.3. The van der Waals surface area contributed by atoms with Gasteiger partial charge in [0.05, 0.1) is 6.61 Å². The van der Waals surface area contributed by atoms with E-state index in [2.05, 4.69) is 42.0 Å². The zero-order valence-corrected chi connectivity index (χ0v) is 25.8. The van der Waals surface area contributed by atoms with E-state index >= 15 is 0 Å². The fraction of sp³-hybridized carbons (Fsp3) is 0.621. The molecular formula is C29H48N2O11. The molecule has 2 amide bonds. The van der Waals surface area contributed by atoms with E-state index in [9.17, 15) is 24.0 Å². The molecule has 0 saturated carbocycles. The van der Waals surface area contributed by atoms with Gasteiger partial charge in [-0.3, -0.25) is 0 Å². The molecule has 1 atom stereocenters. The molecule has 0 aliphatic heterocycles. The number of hydrogen-bond donors (Lipinski definition) is 3. The number of rotatable bonds is 18. The Kier molecular flexibility index (Phi) is 21.8. The molecule has 0 aromatic carbocycles. The third kappa shape index (κ3) is 24.0. The van der Waals surface area contributed by atoms with Crippen LogP contribution in [-0.4, -0.2) is 87.9 Å². The first-order chi connectivity index (χ1) is 19.5. The Labute approximate surface area is 248 Å². The number of nitrogens with one attached hydrogen (secondary N) is 2. The molecule has 0 radical (unpaired) electrons. The van der Waals surface area contributed by atoms with Gasteiger partial charge in [-0.15, -0.1) is 0 Å². The average Bonchev–Trinajstić information content (AvgIpc) is 2.90. The Balaban J connectivity index is 0. The van der Waals surface area contributed by atoms with Gasteiger partial charge in [-0.2, -0.15) is 0 Å². The first-order valence-electron chi connectivity index (χ1n) is 13.4. The van der Waals surface area contributed by atoms with E-state index in [-0.39, 0.29) is 62.1 Å². The van der Waals surface area contributed by atoms with Gasteiger partial charge in [0.1, 0.15) is 33.0 Å². The first-order valence-corrected chi connectivity index (χ1v) is 13.4. The van der Waals surface area contributed by atoms with E-state index in [0.717, 1.165) is 12.8 Å². The molecule has 0 fully saturated rings. The molecule has 42 heavy (non-hydrogen) atoms. The molecule has 13 heteroatoms. The van der Waals surface area contributed by atoms with Crippen molar-refractivity contribution in [2.45, 2.75) is 54.4 Å². The van der Waals surface area contributed by atoms with E-state index in [1.165, 1.54) is 13.8 Å². The Morgan fingerprint density at radius 3 is 1.48 bits per heavy atom. The topological polar surface area (TPSA) is 176 Å². The minimum atomic E-state index is -0.583. The fourth-order valence-electron chi connectivity index (χ4n) is 3.00. The normalized spacial score (nSPS) is 10.9. The van der Waals surface area contributed by atoms with Gasteiger partial charge in [-0.05, 0) is 44.9 Å². The summed E-state index contributed by atoms with van der Waals surface area (Å²) in [5.74, 6) is -1.23. The van der Waals surface area contributed by atoms with E-state index < -0.39 is 30.1 Å². The van der Waals surface area contributed by atoms with Crippen LogP contribution in [0.3, 0.4) is 0 Å². The maximum atomic E-state index is 11.8. The molecule has 0 spiro atoms. The number of hydrogen-bond acceptors (Lipinski definition) is 11. The molecule has 0 bridgehead atoms. The predicted octanol–water partition coefficient (Wildman–Crippen LogP) is 3.22. The monoisotopic (exact) mass is 600 g/mol. The molecule has 0 aromatic heterocycles. The lowest BCUT2D eigenvalue weighted by Gasteiger charge is -2.28. The van der Waals surface area contributed by atoms with Crippen molar-refractivity contribution in [2.24, 2.45) is 11.3 Å². The van der Waals surface area contributed by atoms with Gasteiger partial charge in [-0.1, -0.05) is 40.5 Å². The summed E-state index contributed by atoms with van der Waals surface area (Å²) in [5.41, 5.74) is 0.718. The Hall–Kier alpha value is -3.87. The SMILES string of the molecule is C=C(C)C(=O)OCCO.C=C(C)C(=O)OCCOC(=O)NCCC(C)CC(C)(C)CNC(=O)OCCOC(=O)C(=C)C. The van der Waals surface area contributed by atoms with Crippen molar-refractivity contribution in [3.8, 4) is 0 Å². The predicted molar refractivity (Wildman–Crippen MR) is 155 cm³/mol. The molecule has 3 N–H and O–H groups in total. The zero-order chi connectivity index (χ0) is 32.7. The summed E-state index contributed by atoms with van der Waals surface area (Å²) >= 11 is 0. The lowest BCUT2D eigenvalue weighted by Crippen LogP contribution is -2.36. The number of amides is 2. The average molecular weight is 601 g/mol. The van der Waals surface area contributed by atoms with Crippen LogP contribution >= 0.6 is 0 Å². The van der Waals surface area contributed by atoms with Crippen LogP contribution in [0.15, 0.2) is 36.5 Å². The van der Waals surface area contributed by atoms with Crippen LogP contribution < -0.4 is 10.6 Å². The van der Waals surface area contributed by atoms with Crippen LogP contribution in [0.25, 0.3) is 0 Å². The number of aliphatic hydroxyl groups is 1. The standard InChI is InChI=1S/C23H38N2O8.C6H10O3/c1-16(2)19(26)30-10-12-32-21(28)24-9-8-18(5)14-23(6,7)15-25-22(29)33-13-11-31-20(27)17(3)4;1-5(2)6(8)9-4-3-7/h18H,1,3,8-15H2,2,4-7H3,(H,24,28)(H,25,29);7H,1,3-4H2,2H3. The van der Waals surface area contributed by atoms with Crippen LogP contribution in [0.4, 0.5) is 9.59 Å². The minimum absolute atomic E-state index is 0.0290. The highest BCUT2D eigenvalue weighted by Gasteiger charge is 2.22. The van der Waals surface area contributed by atoms with Gasteiger partial charge >= 0.3 is 30.1 Å². The maximum absolute atomic E-state index is 11.8. The number of aliphatic hydroxyl groups excluding tert-OH is 1. The molecule has 0 aliphatic rings. The molecule has 0 rings (SSSR count). The highest BCUT2D eigenvalue weighted by atomic mass is 16.6. The molecule has 1 unspecified atom stereocenters. The molecule has 0 heterocycles. The van der Waals surface area contributed by atoms with Gasteiger partial charge in [0, 0.05) is 29.8 Å². The van der Waals surface area contributed by atoms with Crippen molar-refractivity contribution in [3.63, 3.8) is 0 Å². The third-order valence-corrected chi connectivity index (χ3v) is 4.99. The second-order valence-electron chi connectivity index (χ2n) is 10.3. The van der Waals surface area contributed by atoms with Crippen molar-refractivity contribution >= 4 is 30.1 Å². The number of ether oxygens (including phenoxy) is 5. The fourth-order valence-corrected chi connectivity index (χ4v) is 3.00. The summed E-state index contributed by atoms with van der Waals surface area (Å²) in [6.07, 6.45) is 0.366. The minimum Gasteiger partial charge on any atom is -0.460 e. The van der Waals surface area contributed by atoms with Gasteiger partial charge < -0.3 is 39.4 Å². The van der Waals surface area contributed by atoms with Gasteiger partial charge in [0.15, 0.2) is 0 Å². The van der Waals surface area contributed by atoms with Crippen LogP contribution in [0.1, 0.15) is 54.4 Å². The summed E-state index contributed by atoms with van der Waals surface area (Å²) in [4.78, 5) is 56.4. The number of alkyl carbamates (subject to hydrolysis) is 2. The molecular weight excluding hydrogens is 552 g/mol. The van der Waals surface area contributed by atoms with Crippen molar-refractivity contribution in [3.05, 3.63) is 36.5 Å². The van der Waals surface area contributed by atoms with E-state index in [1.807, 2.05) is 13.8 Å². The Morgan fingerprint density at radius 1 is 0.690 bits per heavy atom. The van der Waals surface area contributed by atoms with Crippen molar-refractivity contribution in [1.82, 2.24) is 10.6 Å². The second-order valence-corrected chi connectivity index (χ2v) is 10.3. The lowest BCUT2D eigenvalue weighted by atomic mass is 9.82. The summed E-state index contributed by atoms with van der Waals surface area (Å²) in [6.45, 7) is 21.6. The Morgan fingerprint density at radius 2 is 1.07 bits per heavy atom. The summed E-state index contributed by atoms with van der Waals surface area (Å²) < 4.78 is 24.1. The Bertz CT molecular complexity index is 929. The van der Waals surface area contributed by atoms with Crippen LogP contribution in [-0.2, 0) is 38.1 Å². The largest absolute Gasteiger partial charge is 0.460 e. The van der Waals surface area contributed by atoms with Crippen LogP contribution in [0.2, 0.25) is 0 Å². The van der Waals surface area contributed by atoms with Crippen molar-refractivity contribution in [1.29, 1.82) is 0 Å². The zero-order valence-electron chi connectivity index (χ0n) is 25.8. The quantitative estimate of drug-likeness (QED) is 0.0911. The number of carbonyl (C=O) groups is 5. The molecule has 0 aromatic rings. The highest BCUT2D eigenvalue weighted by molar-refractivity contribution is 5.87. The van der Waals surface area contributed by atoms with Crippen LogP contribution in [0.5, 0.6) is 0 Å². The van der Waals surface area contributed by atoms with Crippen LogP contribution in [0, 0.1) is 11.3 Å². The van der Waals surface area contributed by atoms with Gasteiger partial charge in [0.25, 0.3) is 0 Å².